The molecule has 1 aliphatic heterocycles. The van der Waals surface area contributed by atoms with Gasteiger partial charge in [0.2, 0.25) is 0 Å². The summed E-state index contributed by atoms with van der Waals surface area (Å²) >= 11 is 0.988. The van der Waals surface area contributed by atoms with E-state index in [0.717, 1.165) is 22.2 Å². The van der Waals surface area contributed by atoms with Crippen LogP contribution in [0.15, 0.2) is 29.2 Å². The molecule has 1 unspecified atom stereocenters. The van der Waals surface area contributed by atoms with E-state index in [4.69, 9.17) is 5.26 Å². The molecule has 0 bridgehead atoms. The lowest BCUT2D eigenvalue weighted by molar-refractivity contribution is -0.141. The van der Waals surface area contributed by atoms with E-state index in [1.165, 1.54) is 0 Å². The summed E-state index contributed by atoms with van der Waals surface area (Å²) in [6.45, 7) is -0.576. The van der Waals surface area contributed by atoms with Crippen molar-refractivity contribution in [3.63, 3.8) is 0 Å². The molecule has 1 aromatic rings. The number of carboxylic acid groups (broad SMARTS) is 5. The van der Waals surface area contributed by atoms with E-state index in [9.17, 15) is 49.5 Å². The third-order valence-corrected chi connectivity index (χ3v) is 7.82. The van der Waals surface area contributed by atoms with Crippen molar-refractivity contribution in [1.82, 2.24) is 24.5 Å². The van der Waals surface area contributed by atoms with Crippen molar-refractivity contribution in [2.75, 3.05) is 91.6 Å². The molecule has 16 nitrogen and oxygen atoms in total. The molecule has 0 radical (unpaired) electrons. The fourth-order valence-corrected chi connectivity index (χ4v) is 5.50. The van der Waals surface area contributed by atoms with E-state index in [1.807, 2.05) is 5.40 Å². The van der Waals surface area contributed by atoms with Crippen LogP contribution in [-0.4, -0.2) is 178 Å². The molecule has 1 saturated heterocycles. The van der Waals surface area contributed by atoms with Crippen molar-refractivity contribution in [1.29, 1.82) is 5.26 Å². The summed E-state index contributed by atoms with van der Waals surface area (Å²) in [6, 6.07) is 6.58. The van der Waals surface area contributed by atoms with Gasteiger partial charge in [-0.2, -0.15) is 5.26 Å². The zero-order valence-corrected chi connectivity index (χ0v) is 25.7. The molecule has 1 fully saturated rings. The minimum Gasteiger partial charge on any atom is -0.480 e. The molecule has 0 amide bonds. The van der Waals surface area contributed by atoms with Crippen molar-refractivity contribution >= 4 is 41.6 Å². The highest BCUT2D eigenvalue weighted by Gasteiger charge is 2.27. The van der Waals surface area contributed by atoms with Crippen LogP contribution in [0.2, 0.25) is 0 Å². The van der Waals surface area contributed by atoms with E-state index in [1.54, 1.807) is 48.8 Å². The Morgan fingerprint density at radius 3 is 1.40 bits per heavy atom. The predicted octanol–water partition coefficient (Wildman–Crippen LogP) is -0.883. The van der Waals surface area contributed by atoms with Crippen molar-refractivity contribution < 1.29 is 49.5 Å². The average molecular weight is 653 g/mol. The van der Waals surface area contributed by atoms with E-state index in [0.29, 0.717) is 6.42 Å². The standard InChI is InChI=1S/C28H40N6O10S/c29-20-45-23-3-1-21(2-4-23)13-22-14-33(18-27(41)42)10-9-31(16-25(37)38)6-5-30(15-24(35)36)7-8-32(17-26(39)40)11-12-34(22)19-28(43)44/h1-4,22H,5-19H2,(H,35,36)(H,37,38)(H,39,40)(H,41,42)(H,43,44). The molecule has 2 rings (SSSR count). The van der Waals surface area contributed by atoms with Crippen LogP contribution in [-0.2, 0) is 30.4 Å². The molecule has 1 aliphatic rings. The first kappa shape index (κ1) is 37.4. The number of carbonyl (C=O) groups is 5. The van der Waals surface area contributed by atoms with Gasteiger partial charge in [0.1, 0.15) is 5.40 Å². The van der Waals surface area contributed by atoms with Gasteiger partial charge in [0, 0.05) is 69.8 Å². The summed E-state index contributed by atoms with van der Waals surface area (Å²) in [4.78, 5) is 67.4. The van der Waals surface area contributed by atoms with Crippen molar-refractivity contribution in [2.45, 2.75) is 17.4 Å². The average Bonchev–Trinajstić information content (AvgIpc) is 2.94. The minimum atomic E-state index is -1.13. The first-order valence-corrected chi connectivity index (χ1v) is 15.0. The minimum absolute atomic E-state index is 0.110. The highest BCUT2D eigenvalue weighted by atomic mass is 32.2. The second-order valence-corrected chi connectivity index (χ2v) is 11.6. The highest BCUT2D eigenvalue weighted by Crippen LogP contribution is 2.19. The Kier molecular flexibility index (Phi) is 16.3. The predicted molar refractivity (Wildman–Crippen MR) is 161 cm³/mol. The molecule has 1 heterocycles. The van der Waals surface area contributed by atoms with Crippen LogP contribution >= 0.6 is 11.8 Å². The number of nitrogens with zero attached hydrogens (tertiary/aromatic N) is 6. The second-order valence-electron chi connectivity index (χ2n) is 10.7. The van der Waals surface area contributed by atoms with Gasteiger partial charge in [-0.3, -0.25) is 48.5 Å². The van der Waals surface area contributed by atoms with Crippen LogP contribution in [0.5, 0.6) is 0 Å². The number of carboxylic acids is 5. The SMILES string of the molecule is N#CSc1ccc(CC2CN(CC(=O)O)CCN(CC(=O)O)CCN(CC(=O)O)CCN(CC(=O)O)CCN2CC(=O)O)cc1. The molecular weight excluding hydrogens is 612 g/mol. The van der Waals surface area contributed by atoms with Gasteiger partial charge in [0.25, 0.3) is 0 Å². The van der Waals surface area contributed by atoms with Crippen LogP contribution in [0.4, 0.5) is 0 Å². The van der Waals surface area contributed by atoms with E-state index < -0.39 is 49.0 Å². The van der Waals surface area contributed by atoms with Gasteiger partial charge < -0.3 is 25.5 Å². The Balaban J connectivity index is 2.51. The maximum absolute atomic E-state index is 12.0. The molecule has 1 aromatic carbocycles. The zero-order valence-electron chi connectivity index (χ0n) is 24.9. The number of thiocyanates is 1. The molecule has 0 aromatic heterocycles. The Bertz CT molecular complexity index is 1200. The molecule has 45 heavy (non-hydrogen) atoms. The second kappa shape index (κ2) is 19.6. The third kappa shape index (κ3) is 15.7. The summed E-state index contributed by atoms with van der Waals surface area (Å²) in [5.41, 5.74) is 0.810. The van der Waals surface area contributed by atoms with Gasteiger partial charge in [-0.1, -0.05) is 12.1 Å². The topological polar surface area (TPSA) is 226 Å². The monoisotopic (exact) mass is 652 g/mol. The number of rotatable bonds is 13. The maximum Gasteiger partial charge on any atom is 0.317 e. The summed E-state index contributed by atoms with van der Waals surface area (Å²) in [6.07, 6.45) is 0.311. The van der Waals surface area contributed by atoms with Gasteiger partial charge in [0.15, 0.2) is 0 Å². The Morgan fingerprint density at radius 1 is 0.622 bits per heavy atom. The van der Waals surface area contributed by atoms with Crippen LogP contribution in [0.3, 0.4) is 0 Å². The smallest absolute Gasteiger partial charge is 0.317 e. The number of nitriles is 1. The summed E-state index contributed by atoms with van der Waals surface area (Å²) in [5.74, 6) is -5.59. The zero-order chi connectivity index (χ0) is 33.4. The first-order valence-electron chi connectivity index (χ1n) is 14.2. The number of benzene rings is 1. The molecule has 0 saturated carbocycles. The molecule has 1 atom stereocenters. The van der Waals surface area contributed by atoms with Crippen LogP contribution in [0.1, 0.15) is 5.56 Å². The largest absolute Gasteiger partial charge is 0.480 e. The molecule has 0 spiro atoms. The van der Waals surface area contributed by atoms with Crippen molar-refractivity contribution in [2.24, 2.45) is 0 Å². The van der Waals surface area contributed by atoms with Crippen molar-refractivity contribution in [3.05, 3.63) is 29.8 Å². The number of aliphatic carboxylic acids is 5. The number of hydrogen-bond donors (Lipinski definition) is 5. The van der Waals surface area contributed by atoms with Gasteiger partial charge in [0.05, 0.1) is 32.7 Å². The normalized spacial score (nSPS) is 19.1. The molecule has 5 N–H and O–H groups in total. The number of hydrogen-bond acceptors (Lipinski definition) is 12. The van der Waals surface area contributed by atoms with Gasteiger partial charge >= 0.3 is 29.8 Å². The van der Waals surface area contributed by atoms with Crippen LogP contribution in [0.25, 0.3) is 0 Å². The fraction of sp³-hybridized carbons (Fsp3) is 0.571. The Labute approximate surface area is 265 Å². The lowest BCUT2D eigenvalue weighted by Crippen LogP contribution is -2.52. The first-order chi connectivity index (χ1) is 21.3. The van der Waals surface area contributed by atoms with Crippen molar-refractivity contribution in [3.8, 4) is 5.40 Å². The summed E-state index contributed by atoms with van der Waals surface area (Å²) in [7, 11) is 0. The summed E-state index contributed by atoms with van der Waals surface area (Å²) in [5, 5.41) is 58.9. The van der Waals surface area contributed by atoms with Gasteiger partial charge in [-0.15, -0.1) is 0 Å². The lowest BCUT2D eigenvalue weighted by Gasteiger charge is -2.36. The van der Waals surface area contributed by atoms with Crippen LogP contribution < -0.4 is 0 Å². The summed E-state index contributed by atoms with van der Waals surface area (Å²) < 4.78 is 0. The fourth-order valence-electron chi connectivity index (χ4n) is 5.12. The van der Waals surface area contributed by atoms with Gasteiger partial charge in [-0.25, -0.2) is 0 Å². The Morgan fingerprint density at radius 2 is 1.00 bits per heavy atom. The quantitative estimate of drug-likeness (QED) is 0.129. The van der Waals surface area contributed by atoms with E-state index in [2.05, 4.69) is 0 Å². The third-order valence-electron chi connectivity index (χ3n) is 7.22. The molecule has 0 aliphatic carbocycles. The lowest BCUT2D eigenvalue weighted by atomic mass is 10.0. The molecule has 17 heteroatoms. The number of thioether (sulfide) groups is 1. The molecule has 248 valence electrons. The highest BCUT2D eigenvalue weighted by molar-refractivity contribution is 8.03. The van der Waals surface area contributed by atoms with Gasteiger partial charge in [-0.05, 0) is 35.9 Å². The Hall–Kier alpha value is -3.79. The van der Waals surface area contributed by atoms with E-state index in [-0.39, 0.29) is 78.5 Å². The van der Waals surface area contributed by atoms with Crippen LogP contribution in [0, 0.1) is 10.7 Å². The maximum atomic E-state index is 12.0. The molecular formula is C28H40N6O10S. The van der Waals surface area contributed by atoms with E-state index >= 15 is 0 Å².